The molecule has 1 atom stereocenters. The molecule has 1 aromatic carbocycles. The third-order valence-corrected chi connectivity index (χ3v) is 5.11. The number of thioether (sulfide) groups is 1. The second-order valence-corrected chi connectivity index (χ2v) is 7.47. The van der Waals surface area contributed by atoms with E-state index in [0.717, 1.165) is 27.7 Å². The number of para-hydroxylation sites is 1. The summed E-state index contributed by atoms with van der Waals surface area (Å²) in [5.74, 6) is 0.900. The van der Waals surface area contributed by atoms with E-state index in [1.807, 2.05) is 25.4 Å². The molecule has 0 spiro atoms. The molecule has 3 aromatic rings. The van der Waals surface area contributed by atoms with Gasteiger partial charge in [0.15, 0.2) is 4.34 Å². The lowest BCUT2D eigenvalue weighted by atomic mass is 10.3. The van der Waals surface area contributed by atoms with Gasteiger partial charge in [0, 0.05) is 24.1 Å². The Kier molecular flexibility index (Phi) is 3.98. The predicted molar refractivity (Wildman–Crippen MR) is 85.4 cm³/mol. The molecule has 2 heterocycles. The second kappa shape index (κ2) is 5.89. The average molecular weight is 301 g/mol. The van der Waals surface area contributed by atoms with Crippen molar-refractivity contribution in [2.24, 2.45) is 0 Å². The van der Waals surface area contributed by atoms with Gasteiger partial charge in [0.2, 0.25) is 0 Å². The first kappa shape index (κ1) is 13.5. The van der Waals surface area contributed by atoms with Crippen LogP contribution in [0.25, 0.3) is 10.2 Å². The molecule has 0 aliphatic carbocycles. The first-order valence-electron chi connectivity index (χ1n) is 6.50. The number of fused-ring (bicyclic) bond motifs is 1. The Labute approximate surface area is 126 Å². The number of benzene rings is 1. The van der Waals surface area contributed by atoms with Crippen molar-refractivity contribution in [3.8, 4) is 0 Å². The molecular formula is C15H15N3S2. The van der Waals surface area contributed by atoms with Gasteiger partial charge in [0.25, 0.3) is 0 Å². The molecule has 2 aromatic heterocycles. The summed E-state index contributed by atoms with van der Waals surface area (Å²) >= 11 is 3.55. The fraction of sp³-hybridized carbons (Fsp3) is 0.267. The van der Waals surface area contributed by atoms with Gasteiger partial charge < -0.3 is 0 Å². The minimum Gasteiger partial charge on any atom is -0.241 e. The zero-order chi connectivity index (χ0) is 13.9. The topological polar surface area (TPSA) is 38.7 Å². The summed E-state index contributed by atoms with van der Waals surface area (Å²) in [6, 6.07) is 8.26. The minimum atomic E-state index is 0.415. The van der Waals surface area contributed by atoms with Crippen LogP contribution in [0, 0.1) is 6.92 Å². The Morgan fingerprint density at radius 1 is 1.20 bits per heavy atom. The standard InChI is InChI=1S/C15H15N3S2/c1-10-8-16-14(17-9-10)7-11(2)19-15-18-12-5-3-4-6-13(12)20-15/h3-6,8-9,11H,7H2,1-2H3. The van der Waals surface area contributed by atoms with Crippen LogP contribution in [0.15, 0.2) is 41.0 Å². The van der Waals surface area contributed by atoms with Crippen LogP contribution in [-0.4, -0.2) is 20.2 Å². The van der Waals surface area contributed by atoms with E-state index in [-0.39, 0.29) is 0 Å². The molecule has 5 heteroatoms. The Bertz CT molecular complexity index is 673. The zero-order valence-electron chi connectivity index (χ0n) is 11.4. The summed E-state index contributed by atoms with van der Waals surface area (Å²) in [6.07, 6.45) is 4.61. The van der Waals surface area contributed by atoms with Crippen LogP contribution in [0.3, 0.4) is 0 Å². The number of hydrogen-bond donors (Lipinski definition) is 0. The maximum absolute atomic E-state index is 4.65. The van der Waals surface area contributed by atoms with Crippen molar-refractivity contribution in [2.45, 2.75) is 29.9 Å². The number of aromatic nitrogens is 3. The van der Waals surface area contributed by atoms with Gasteiger partial charge >= 0.3 is 0 Å². The number of hydrogen-bond acceptors (Lipinski definition) is 5. The smallest absolute Gasteiger partial charge is 0.151 e. The highest BCUT2D eigenvalue weighted by Crippen LogP contribution is 2.32. The molecule has 20 heavy (non-hydrogen) atoms. The van der Waals surface area contributed by atoms with E-state index in [4.69, 9.17) is 0 Å². The predicted octanol–water partition coefficient (Wildman–Crippen LogP) is 4.12. The molecule has 0 saturated carbocycles. The maximum atomic E-state index is 4.65. The molecule has 0 radical (unpaired) electrons. The molecule has 1 unspecified atom stereocenters. The third-order valence-electron chi connectivity index (χ3n) is 2.88. The Balaban J connectivity index is 1.69. The monoisotopic (exact) mass is 301 g/mol. The van der Waals surface area contributed by atoms with E-state index in [0.29, 0.717) is 5.25 Å². The Hall–Kier alpha value is -1.46. The lowest BCUT2D eigenvalue weighted by Gasteiger charge is -2.07. The Morgan fingerprint density at radius 3 is 2.70 bits per heavy atom. The van der Waals surface area contributed by atoms with Crippen LogP contribution < -0.4 is 0 Å². The van der Waals surface area contributed by atoms with Crippen LogP contribution in [-0.2, 0) is 6.42 Å². The van der Waals surface area contributed by atoms with Gasteiger partial charge in [-0.1, -0.05) is 30.8 Å². The molecule has 0 fully saturated rings. The van der Waals surface area contributed by atoms with E-state index >= 15 is 0 Å². The molecule has 0 bridgehead atoms. The fourth-order valence-electron chi connectivity index (χ4n) is 1.90. The largest absolute Gasteiger partial charge is 0.241 e. The molecule has 0 aliphatic rings. The van der Waals surface area contributed by atoms with Gasteiger partial charge in [0.1, 0.15) is 5.82 Å². The van der Waals surface area contributed by atoms with Crippen molar-refractivity contribution in [3.63, 3.8) is 0 Å². The van der Waals surface area contributed by atoms with Gasteiger partial charge in [-0.2, -0.15) is 0 Å². The summed E-state index contributed by atoms with van der Waals surface area (Å²) in [4.78, 5) is 13.4. The quantitative estimate of drug-likeness (QED) is 0.680. The molecule has 3 nitrogen and oxygen atoms in total. The van der Waals surface area contributed by atoms with Crippen LogP contribution in [0.4, 0.5) is 0 Å². The minimum absolute atomic E-state index is 0.415. The lowest BCUT2D eigenvalue weighted by molar-refractivity contribution is 0.844. The van der Waals surface area contributed by atoms with E-state index in [9.17, 15) is 0 Å². The van der Waals surface area contributed by atoms with Gasteiger partial charge in [0.05, 0.1) is 10.2 Å². The van der Waals surface area contributed by atoms with Crippen LogP contribution in [0.5, 0.6) is 0 Å². The highest BCUT2D eigenvalue weighted by atomic mass is 32.2. The molecule has 3 rings (SSSR count). The molecule has 0 aliphatic heterocycles. The Morgan fingerprint density at radius 2 is 1.95 bits per heavy atom. The van der Waals surface area contributed by atoms with Gasteiger partial charge in [-0.25, -0.2) is 15.0 Å². The first-order chi connectivity index (χ1) is 9.70. The number of aryl methyl sites for hydroxylation is 1. The number of rotatable bonds is 4. The SMILES string of the molecule is Cc1cnc(CC(C)Sc2nc3ccccc3s2)nc1. The van der Waals surface area contributed by atoms with Crippen LogP contribution in [0.2, 0.25) is 0 Å². The highest BCUT2D eigenvalue weighted by Gasteiger charge is 2.11. The van der Waals surface area contributed by atoms with E-state index in [2.05, 4.69) is 40.1 Å². The van der Waals surface area contributed by atoms with Crippen LogP contribution in [0.1, 0.15) is 18.3 Å². The summed E-state index contributed by atoms with van der Waals surface area (Å²) in [7, 11) is 0. The summed E-state index contributed by atoms with van der Waals surface area (Å²) in [6.45, 7) is 4.20. The van der Waals surface area contributed by atoms with E-state index < -0.39 is 0 Å². The molecule has 0 amide bonds. The lowest BCUT2D eigenvalue weighted by Crippen LogP contribution is -2.05. The highest BCUT2D eigenvalue weighted by molar-refractivity contribution is 8.01. The summed E-state index contributed by atoms with van der Waals surface area (Å²) in [5.41, 5.74) is 2.18. The van der Waals surface area contributed by atoms with Gasteiger partial charge in [-0.15, -0.1) is 11.3 Å². The summed E-state index contributed by atoms with van der Waals surface area (Å²) < 4.78 is 2.36. The van der Waals surface area contributed by atoms with Crippen molar-refractivity contribution in [1.82, 2.24) is 15.0 Å². The van der Waals surface area contributed by atoms with Gasteiger partial charge in [-0.3, -0.25) is 0 Å². The second-order valence-electron chi connectivity index (χ2n) is 4.76. The van der Waals surface area contributed by atoms with Crippen molar-refractivity contribution < 1.29 is 0 Å². The van der Waals surface area contributed by atoms with Crippen LogP contribution >= 0.6 is 23.1 Å². The molecule has 102 valence electrons. The normalized spacial score (nSPS) is 12.7. The van der Waals surface area contributed by atoms with Crippen molar-refractivity contribution in [3.05, 3.63) is 48.0 Å². The average Bonchev–Trinajstić information content (AvgIpc) is 2.83. The van der Waals surface area contributed by atoms with Crippen molar-refractivity contribution in [2.75, 3.05) is 0 Å². The zero-order valence-corrected chi connectivity index (χ0v) is 13.0. The molecule has 0 N–H and O–H groups in total. The summed E-state index contributed by atoms with van der Waals surface area (Å²) in [5, 5.41) is 0.415. The maximum Gasteiger partial charge on any atom is 0.151 e. The fourth-order valence-corrected chi connectivity index (χ4v) is 4.28. The first-order valence-corrected chi connectivity index (χ1v) is 8.20. The molecule has 0 saturated heterocycles. The third kappa shape index (κ3) is 3.16. The number of nitrogens with zero attached hydrogens (tertiary/aromatic N) is 3. The van der Waals surface area contributed by atoms with E-state index in [1.54, 1.807) is 23.1 Å². The van der Waals surface area contributed by atoms with E-state index in [1.165, 1.54) is 4.70 Å². The molecular weight excluding hydrogens is 286 g/mol. The van der Waals surface area contributed by atoms with Crippen molar-refractivity contribution >= 4 is 33.3 Å². The van der Waals surface area contributed by atoms with Crippen molar-refractivity contribution in [1.29, 1.82) is 0 Å². The van der Waals surface area contributed by atoms with Gasteiger partial charge in [-0.05, 0) is 24.6 Å². The number of thiazole rings is 1.